The Morgan fingerprint density at radius 1 is 0.194 bits per heavy atom. The van der Waals surface area contributed by atoms with Gasteiger partial charge in [-0.05, 0) is 119 Å². The maximum atomic E-state index is 2.44. The predicted octanol–water partition coefficient (Wildman–Crippen LogP) is 21.6. The van der Waals surface area contributed by atoms with Gasteiger partial charge in [-0.15, -0.1) is 45.3 Å². The Morgan fingerprint density at radius 2 is 0.514 bits per heavy atom. The molecule has 0 aliphatic rings. The minimum Gasteiger partial charge on any atom is -0.310 e. The van der Waals surface area contributed by atoms with Gasteiger partial charge in [-0.1, -0.05) is 133 Å². The molecule has 0 bridgehead atoms. The first-order valence-electron chi connectivity index (χ1n) is 24.3. The van der Waals surface area contributed by atoms with E-state index in [1.54, 1.807) is 0 Å². The van der Waals surface area contributed by atoms with Crippen LogP contribution in [0, 0.1) is 0 Å². The average molecular weight is 987 g/mol. The summed E-state index contributed by atoms with van der Waals surface area (Å²) in [5, 5.41) is 18.0. The number of benzene rings is 12. The van der Waals surface area contributed by atoms with Gasteiger partial charge in [0.05, 0.1) is 0 Å². The molecule has 16 rings (SSSR count). The molecule has 2 nitrogen and oxygen atoms in total. The zero-order chi connectivity index (χ0) is 47.0. The van der Waals surface area contributed by atoms with E-state index in [2.05, 4.69) is 240 Å². The fourth-order valence-electron chi connectivity index (χ4n) is 11.4. The van der Waals surface area contributed by atoms with Gasteiger partial charge < -0.3 is 9.80 Å². The van der Waals surface area contributed by atoms with Crippen LogP contribution in [0.1, 0.15) is 0 Å². The van der Waals surface area contributed by atoms with Crippen molar-refractivity contribution in [2.75, 3.05) is 9.80 Å². The predicted molar refractivity (Wildman–Crippen MR) is 320 cm³/mol. The molecule has 0 aliphatic heterocycles. The molecule has 0 spiro atoms. The van der Waals surface area contributed by atoms with Crippen molar-refractivity contribution in [3.63, 3.8) is 0 Å². The lowest BCUT2D eigenvalue weighted by Crippen LogP contribution is -2.09. The number of rotatable bonds is 6. The molecule has 4 aromatic heterocycles. The summed E-state index contributed by atoms with van der Waals surface area (Å²) in [5.74, 6) is 0. The Bertz CT molecular complexity index is 4610. The Balaban J connectivity index is 0.834. The fourth-order valence-corrected chi connectivity index (χ4v) is 16.1. The molecule has 0 saturated carbocycles. The van der Waals surface area contributed by atoms with Crippen molar-refractivity contribution in [2.45, 2.75) is 0 Å². The first-order valence-corrected chi connectivity index (χ1v) is 27.5. The summed E-state index contributed by atoms with van der Waals surface area (Å²) in [5.41, 5.74) is 6.89. The second-order valence-corrected chi connectivity index (χ2v) is 23.1. The number of fused-ring (bicyclic) bond motifs is 17. The molecule has 0 N–H and O–H groups in total. The van der Waals surface area contributed by atoms with Crippen LogP contribution < -0.4 is 9.80 Å². The summed E-state index contributed by atoms with van der Waals surface area (Å²) >= 11 is 7.56. The Morgan fingerprint density at radius 3 is 0.986 bits per heavy atom. The molecule has 0 saturated heterocycles. The van der Waals surface area contributed by atoms with Gasteiger partial charge in [0.25, 0.3) is 0 Å². The van der Waals surface area contributed by atoms with Crippen LogP contribution in [-0.2, 0) is 0 Å². The molecule has 72 heavy (non-hydrogen) atoms. The average Bonchev–Trinajstić information content (AvgIpc) is 4.21. The van der Waals surface area contributed by atoms with E-state index in [-0.39, 0.29) is 0 Å². The highest BCUT2D eigenvalue weighted by Gasteiger charge is 2.21. The van der Waals surface area contributed by atoms with Gasteiger partial charge in [-0.25, -0.2) is 0 Å². The van der Waals surface area contributed by atoms with Crippen molar-refractivity contribution >= 4 is 192 Å². The van der Waals surface area contributed by atoms with Crippen LogP contribution in [0.4, 0.5) is 34.1 Å². The Kier molecular flexibility index (Phi) is 8.86. The maximum Gasteiger partial charge on any atom is 0.0476 e. The van der Waals surface area contributed by atoms with Crippen LogP contribution >= 0.6 is 45.3 Å². The van der Waals surface area contributed by atoms with Gasteiger partial charge in [0.15, 0.2) is 0 Å². The summed E-state index contributed by atoms with van der Waals surface area (Å²) in [4.78, 5) is 4.89. The summed E-state index contributed by atoms with van der Waals surface area (Å²) in [7, 11) is 0. The van der Waals surface area contributed by atoms with E-state index >= 15 is 0 Å². The van der Waals surface area contributed by atoms with Crippen LogP contribution in [0.25, 0.3) is 113 Å². The smallest absolute Gasteiger partial charge is 0.0476 e. The molecule has 0 radical (unpaired) electrons. The molecular weight excluding hydrogens is 949 g/mol. The summed E-state index contributed by atoms with van der Waals surface area (Å²) in [6.07, 6.45) is 0. The van der Waals surface area contributed by atoms with Crippen molar-refractivity contribution in [3.8, 4) is 0 Å². The molecule has 12 aromatic carbocycles. The third kappa shape index (κ3) is 6.23. The molecule has 4 heterocycles. The molecule has 0 amide bonds. The van der Waals surface area contributed by atoms with Crippen molar-refractivity contribution < 1.29 is 0 Å². The first kappa shape index (κ1) is 40.6. The van der Waals surface area contributed by atoms with Crippen LogP contribution in [0.15, 0.2) is 231 Å². The number of hydrogen-bond donors (Lipinski definition) is 0. The van der Waals surface area contributed by atoms with Crippen LogP contribution in [0.5, 0.6) is 0 Å². The maximum absolute atomic E-state index is 2.44. The molecular formula is C66H38N2S4. The van der Waals surface area contributed by atoms with E-state index in [4.69, 9.17) is 0 Å². The minimum atomic E-state index is 1.14. The fraction of sp³-hybridized carbons (Fsp3) is 0. The molecule has 16 aromatic rings. The normalized spacial score (nSPS) is 12.2. The van der Waals surface area contributed by atoms with Crippen molar-refractivity contribution in [1.29, 1.82) is 0 Å². The van der Waals surface area contributed by atoms with Gasteiger partial charge in [0.1, 0.15) is 0 Å². The number of nitrogens with zero attached hydrogens (tertiary/aromatic N) is 2. The second kappa shape index (κ2) is 15.7. The zero-order valence-electron chi connectivity index (χ0n) is 38.5. The van der Waals surface area contributed by atoms with Gasteiger partial charge in [0.2, 0.25) is 0 Å². The van der Waals surface area contributed by atoms with E-state index < -0.39 is 0 Å². The van der Waals surface area contributed by atoms with Crippen LogP contribution in [0.3, 0.4) is 0 Å². The molecule has 6 heteroatoms. The topological polar surface area (TPSA) is 6.48 Å². The van der Waals surface area contributed by atoms with E-state index in [0.717, 1.165) is 34.1 Å². The lowest BCUT2D eigenvalue weighted by atomic mass is 10.0. The molecule has 0 atom stereocenters. The standard InChI is InChI=1S/C66H38N2S4/c1-3-11-41-33-43(19-17-39(41)9-1)67(45-23-31-61-57(35-45)49-13-5-7-15-59(49)69-61)47-21-25-51-53-27-29-56-55(65(53)71-63(51)37-47)30-28-54-52-26-22-48(38-64(52)72-66(54)56)68(44-20-18-40-10-2-4-12-42(40)34-44)46-24-32-62-58(36-46)50-14-6-8-16-60(50)70-62/h1-38H. The van der Waals surface area contributed by atoms with E-state index in [1.807, 2.05) is 45.3 Å². The van der Waals surface area contributed by atoms with Crippen LogP contribution in [-0.4, -0.2) is 0 Å². The van der Waals surface area contributed by atoms with Gasteiger partial charge in [-0.3, -0.25) is 0 Å². The highest BCUT2D eigenvalue weighted by molar-refractivity contribution is 7.28. The van der Waals surface area contributed by atoms with E-state index in [1.165, 1.54) is 113 Å². The molecule has 0 unspecified atom stereocenters. The Hall–Kier alpha value is -8.10. The summed E-state index contributed by atoms with van der Waals surface area (Å²) in [6, 6.07) is 86.2. The van der Waals surface area contributed by atoms with E-state index in [0.29, 0.717) is 0 Å². The zero-order valence-corrected chi connectivity index (χ0v) is 41.7. The van der Waals surface area contributed by atoms with Crippen molar-refractivity contribution in [3.05, 3.63) is 231 Å². The summed E-state index contributed by atoms with van der Waals surface area (Å²) in [6.45, 7) is 0. The van der Waals surface area contributed by atoms with Gasteiger partial charge >= 0.3 is 0 Å². The monoisotopic (exact) mass is 986 g/mol. The quantitative estimate of drug-likeness (QED) is 0.164. The van der Waals surface area contributed by atoms with E-state index in [9.17, 15) is 0 Å². The third-order valence-corrected chi connectivity index (χ3v) is 19.5. The van der Waals surface area contributed by atoms with Gasteiger partial charge in [0, 0.05) is 126 Å². The lowest BCUT2D eigenvalue weighted by Gasteiger charge is -2.26. The molecule has 336 valence electrons. The van der Waals surface area contributed by atoms with Crippen molar-refractivity contribution in [2.24, 2.45) is 0 Å². The number of anilines is 6. The largest absolute Gasteiger partial charge is 0.310 e. The summed E-state index contributed by atoms with van der Waals surface area (Å²) < 4.78 is 10.5. The minimum absolute atomic E-state index is 1.14. The molecule has 0 fully saturated rings. The highest BCUT2D eigenvalue weighted by Crippen LogP contribution is 2.49. The van der Waals surface area contributed by atoms with Gasteiger partial charge in [-0.2, -0.15) is 0 Å². The first-order chi connectivity index (χ1) is 35.6. The SMILES string of the molecule is c1ccc2cc(N(c3ccc4c(c3)sc3c4ccc4c3ccc3c5ccc(N(c6ccc7ccccc7c6)c6ccc7sc8ccccc8c7c6)cc5sc34)c3ccc4sc5ccccc5c4c3)ccc2c1. The third-order valence-electron chi connectivity index (χ3n) is 14.8. The van der Waals surface area contributed by atoms with Crippen molar-refractivity contribution in [1.82, 2.24) is 0 Å². The highest BCUT2D eigenvalue weighted by atomic mass is 32.1. The number of hydrogen-bond acceptors (Lipinski definition) is 6. The molecule has 0 aliphatic carbocycles. The number of thiophene rings is 4. The second-order valence-electron chi connectivity index (χ2n) is 18.8. The van der Waals surface area contributed by atoms with Crippen LogP contribution in [0.2, 0.25) is 0 Å². The Labute approximate surface area is 429 Å². The lowest BCUT2D eigenvalue weighted by molar-refractivity contribution is 1.30.